The number of hydrogen-bond acceptors (Lipinski definition) is 2. The molecule has 0 fully saturated rings. The second-order valence-electron chi connectivity index (χ2n) is 5.72. The van der Waals surface area contributed by atoms with E-state index in [1.807, 2.05) is 12.4 Å². The standard InChI is InChI=1S/C17H22N2/c1-14-9-15(11-18-10-14)12-19-13-17(2,3)16-7-5-4-6-8-16/h4-11,19H,12-13H2,1-3H3. The minimum Gasteiger partial charge on any atom is -0.312 e. The van der Waals surface area contributed by atoms with Crippen LogP contribution in [0.2, 0.25) is 0 Å². The Kier molecular flexibility index (Phi) is 4.33. The molecule has 1 aromatic carbocycles. The summed E-state index contributed by atoms with van der Waals surface area (Å²) in [7, 11) is 0. The Morgan fingerprint density at radius 2 is 1.84 bits per heavy atom. The van der Waals surface area contributed by atoms with Crippen LogP contribution in [0, 0.1) is 6.92 Å². The highest BCUT2D eigenvalue weighted by molar-refractivity contribution is 5.24. The summed E-state index contributed by atoms with van der Waals surface area (Å²) >= 11 is 0. The van der Waals surface area contributed by atoms with Gasteiger partial charge in [-0.25, -0.2) is 0 Å². The molecule has 1 N–H and O–H groups in total. The number of benzene rings is 1. The summed E-state index contributed by atoms with van der Waals surface area (Å²) in [6, 6.07) is 12.8. The molecule has 0 aliphatic carbocycles. The number of hydrogen-bond donors (Lipinski definition) is 1. The normalized spacial score (nSPS) is 11.5. The van der Waals surface area contributed by atoms with E-state index in [-0.39, 0.29) is 5.41 Å². The summed E-state index contributed by atoms with van der Waals surface area (Å²) in [5, 5.41) is 3.53. The molecular formula is C17H22N2. The van der Waals surface area contributed by atoms with Gasteiger partial charge in [-0.3, -0.25) is 4.98 Å². The zero-order chi connectivity index (χ0) is 13.7. The summed E-state index contributed by atoms with van der Waals surface area (Å²) < 4.78 is 0. The number of rotatable bonds is 5. The van der Waals surface area contributed by atoms with E-state index in [0.717, 1.165) is 13.1 Å². The second kappa shape index (κ2) is 5.98. The van der Waals surface area contributed by atoms with E-state index in [9.17, 15) is 0 Å². The van der Waals surface area contributed by atoms with Crippen molar-refractivity contribution in [2.24, 2.45) is 0 Å². The van der Waals surface area contributed by atoms with Crippen molar-refractivity contribution in [2.45, 2.75) is 32.7 Å². The Morgan fingerprint density at radius 3 is 2.53 bits per heavy atom. The Morgan fingerprint density at radius 1 is 1.11 bits per heavy atom. The number of nitrogens with one attached hydrogen (secondary N) is 1. The minimum absolute atomic E-state index is 0.137. The number of aromatic nitrogens is 1. The molecule has 0 amide bonds. The average Bonchev–Trinajstić information content (AvgIpc) is 2.40. The van der Waals surface area contributed by atoms with Crippen LogP contribution >= 0.6 is 0 Å². The van der Waals surface area contributed by atoms with E-state index in [4.69, 9.17) is 0 Å². The van der Waals surface area contributed by atoms with Crippen LogP contribution in [0.1, 0.15) is 30.5 Å². The van der Waals surface area contributed by atoms with Crippen LogP contribution in [-0.2, 0) is 12.0 Å². The van der Waals surface area contributed by atoms with Crippen molar-refractivity contribution >= 4 is 0 Å². The molecule has 0 radical (unpaired) electrons. The highest BCUT2D eigenvalue weighted by Crippen LogP contribution is 2.21. The van der Waals surface area contributed by atoms with Crippen LogP contribution in [0.3, 0.4) is 0 Å². The van der Waals surface area contributed by atoms with Crippen LogP contribution in [-0.4, -0.2) is 11.5 Å². The van der Waals surface area contributed by atoms with Gasteiger partial charge in [0.25, 0.3) is 0 Å². The van der Waals surface area contributed by atoms with Crippen molar-refractivity contribution in [1.82, 2.24) is 10.3 Å². The Hall–Kier alpha value is -1.67. The molecule has 1 heterocycles. The fourth-order valence-corrected chi connectivity index (χ4v) is 2.22. The van der Waals surface area contributed by atoms with E-state index in [0.29, 0.717) is 0 Å². The van der Waals surface area contributed by atoms with Crippen molar-refractivity contribution in [3.63, 3.8) is 0 Å². The fourth-order valence-electron chi connectivity index (χ4n) is 2.22. The Labute approximate surface area is 115 Å². The van der Waals surface area contributed by atoms with Crippen LogP contribution in [0.4, 0.5) is 0 Å². The van der Waals surface area contributed by atoms with Crippen molar-refractivity contribution < 1.29 is 0 Å². The third kappa shape index (κ3) is 3.90. The first-order chi connectivity index (χ1) is 9.08. The van der Waals surface area contributed by atoms with Crippen molar-refractivity contribution in [2.75, 3.05) is 6.54 Å². The average molecular weight is 254 g/mol. The first kappa shape index (κ1) is 13.8. The van der Waals surface area contributed by atoms with Gasteiger partial charge < -0.3 is 5.32 Å². The molecule has 2 aromatic rings. The lowest BCUT2D eigenvalue weighted by Crippen LogP contribution is -2.32. The predicted octanol–water partition coefficient (Wildman–Crippen LogP) is 3.46. The molecule has 0 unspecified atom stereocenters. The summed E-state index contributed by atoms with van der Waals surface area (Å²) in [6.07, 6.45) is 3.81. The summed E-state index contributed by atoms with van der Waals surface area (Å²) in [5.74, 6) is 0. The minimum atomic E-state index is 0.137. The lowest BCUT2D eigenvalue weighted by molar-refractivity contribution is 0.468. The van der Waals surface area contributed by atoms with Gasteiger partial charge >= 0.3 is 0 Å². The molecule has 0 atom stereocenters. The van der Waals surface area contributed by atoms with Crippen LogP contribution in [0.5, 0.6) is 0 Å². The molecule has 0 aliphatic rings. The maximum Gasteiger partial charge on any atom is 0.0313 e. The van der Waals surface area contributed by atoms with E-state index in [1.54, 1.807) is 0 Å². The molecule has 100 valence electrons. The molecule has 0 spiro atoms. The van der Waals surface area contributed by atoms with Gasteiger partial charge in [-0.05, 0) is 23.6 Å². The zero-order valence-electron chi connectivity index (χ0n) is 12.0. The predicted molar refractivity (Wildman–Crippen MR) is 80.1 cm³/mol. The topological polar surface area (TPSA) is 24.9 Å². The molecule has 0 saturated carbocycles. The maximum absolute atomic E-state index is 4.22. The molecule has 1 aromatic heterocycles. The van der Waals surface area contributed by atoms with Crippen LogP contribution in [0.25, 0.3) is 0 Å². The smallest absolute Gasteiger partial charge is 0.0313 e. The van der Waals surface area contributed by atoms with Gasteiger partial charge in [0.1, 0.15) is 0 Å². The largest absolute Gasteiger partial charge is 0.312 e. The van der Waals surface area contributed by atoms with Crippen molar-refractivity contribution in [1.29, 1.82) is 0 Å². The summed E-state index contributed by atoms with van der Waals surface area (Å²) in [5.41, 5.74) is 3.95. The number of aryl methyl sites for hydroxylation is 1. The molecule has 0 aliphatic heterocycles. The summed E-state index contributed by atoms with van der Waals surface area (Å²) in [4.78, 5) is 4.22. The van der Waals surface area contributed by atoms with Gasteiger partial charge in [0.2, 0.25) is 0 Å². The molecule has 19 heavy (non-hydrogen) atoms. The maximum atomic E-state index is 4.22. The van der Waals surface area contributed by atoms with E-state index >= 15 is 0 Å². The van der Waals surface area contributed by atoms with Gasteiger partial charge in [-0.15, -0.1) is 0 Å². The lowest BCUT2D eigenvalue weighted by Gasteiger charge is -2.25. The van der Waals surface area contributed by atoms with E-state index < -0.39 is 0 Å². The van der Waals surface area contributed by atoms with E-state index in [2.05, 4.69) is 67.5 Å². The van der Waals surface area contributed by atoms with Gasteiger partial charge in [0, 0.05) is 30.9 Å². The molecule has 0 bridgehead atoms. The second-order valence-corrected chi connectivity index (χ2v) is 5.72. The highest BCUT2D eigenvalue weighted by atomic mass is 14.9. The Bertz CT molecular complexity index is 518. The molecule has 2 rings (SSSR count). The van der Waals surface area contributed by atoms with Crippen LogP contribution in [0.15, 0.2) is 48.8 Å². The van der Waals surface area contributed by atoms with Crippen molar-refractivity contribution in [3.05, 3.63) is 65.5 Å². The van der Waals surface area contributed by atoms with Gasteiger partial charge in [-0.1, -0.05) is 50.2 Å². The van der Waals surface area contributed by atoms with Gasteiger partial charge in [0.05, 0.1) is 0 Å². The van der Waals surface area contributed by atoms with Gasteiger partial charge in [-0.2, -0.15) is 0 Å². The SMILES string of the molecule is Cc1cncc(CNCC(C)(C)c2ccccc2)c1. The van der Waals surface area contributed by atoms with E-state index in [1.165, 1.54) is 16.7 Å². The zero-order valence-corrected chi connectivity index (χ0v) is 12.0. The Balaban J connectivity index is 1.92. The third-order valence-corrected chi connectivity index (χ3v) is 3.38. The highest BCUT2D eigenvalue weighted by Gasteiger charge is 2.19. The summed E-state index contributed by atoms with van der Waals surface area (Å²) in [6.45, 7) is 8.42. The van der Waals surface area contributed by atoms with Crippen LogP contribution < -0.4 is 5.32 Å². The fraction of sp³-hybridized carbons (Fsp3) is 0.353. The molecule has 0 saturated heterocycles. The third-order valence-electron chi connectivity index (χ3n) is 3.38. The molecular weight excluding hydrogens is 232 g/mol. The van der Waals surface area contributed by atoms with Gasteiger partial charge in [0.15, 0.2) is 0 Å². The lowest BCUT2D eigenvalue weighted by atomic mass is 9.84. The van der Waals surface area contributed by atoms with Crippen molar-refractivity contribution in [3.8, 4) is 0 Å². The molecule has 2 heteroatoms. The quantitative estimate of drug-likeness (QED) is 0.884. The number of pyridine rings is 1. The first-order valence-corrected chi connectivity index (χ1v) is 6.75. The molecule has 2 nitrogen and oxygen atoms in total. The first-order valence-electron chi connectivity index (χ1n) is 6.75. The monoisotopic (exact) mass is 254 g/mol. The number of nitrogens with zero attached hydrogens (tertiary/aromatic N) is 1.